The minimum Gasteiger partial charge on any atom is -0.491 e. The molecule has 0 spiro atoms. The van der Waals surface area contributed by atoms with E-state index >= 15 is 0 Å². The minimum absolute atomic E-state index is 0.0478. The SMILES string of the molecule is Cc1ccc(OC[C@]2(O)CCCN(C(=O)CCn3ccc(C)n3)C2)cc1. The Morgan fingerprint density at radius 2 is 2.04 bits per heavy atom. The number of rotatable bonds is 6. The molecule has 6 nitrogen and oxygen atoms in total. The zero-order valence-corrected chi connectivity index (χ0v) is 15.5. The minimum atomic E-state index is -0.999. The van der Waals surface area contributed by atoms with Gasteiger partial charge in [-0.2, -0.15) is 5.10 Å². The predicted octanol–water partition coefficient (Wildman–Crippen LogP) is 2.32. The van der Waals surface area contributed by atoms with E-state index in [2.05, 4.69) is 5.10 Å². The van der Waals surface area contributed by atoms with Crippen LogP contribution in [0.25, 0.3) is 0 Å². The second kappa shape index (κ2) is 7.91. The van der Waals surface area contributed by atoms with Gasteiger partial charge in [-0.05, 0) is 44.9 Å². The maximum absolute atomic E-state index is 12.5. The molecule has 1 fully saturated rings. The highest BCUT2D eigenvalue weighted by Crippen LogP contribution is 2.23. The van der Waals surface area contributed by atoms with Crippen LogP contribution in [-0.2, 0) is 11.3 Å². The van der Waals surface area contributed by atoms with Crippen molar-refractivity contribution >= 4 is 5.91 Å². The van der Waals surface area contributed by atoms with E-state index in [-0.39, 0.29) is 12.5 Å². The summed E-state index contributed by atoms with van der Waals surface area (Å²) in [7, 11) is 0. The lowest BCUT2D eigenvalue weighted by Gasteiger charge is -2.39. The average molecular weight is 357 g/mol. The monoisotopic (exact) mass is 357 g/mol. The van der Waals surface area contributed by atoms with Crippen molar-refractivity contribution in [2.24, 2.45) is 0 Å². The molecule has 1 aliphatic heterocycles. The van der Waals surface area contributed by atoms with E-state index in [1.807, 2.05) is 50.4 Å². The maximum Gasteiger partial charge on any atom is 0.224 e. The van der Waals surface area contributed by atoms with Gasteiger partial charge in [-0.1, -0.05) is 17.7 Å². The molecule has 2 aromatic rings. The number of carbonyl (C=O) groups excluding carboxylic acids is 1. The number of hydrogen-bond donors (Lipinski definition) is 1. The van der Waals surface area contributed by atoms with Gasteiger partial charge in [-0.25, -0.2) is 0 Å². The number of piperidine rings is 1. The molecule has 0 bridgehead atoms. The number of aliphatic hydroxyl groups is 1. The Balaban J connectivity index is 1.51. The molecule has 2 heterocycles. The topological polar surface area (TPSA) is 67.6 Å². The number of amides is 1. The Kier molecular flexibility index (Phi) is 5.61. The van der Waals surface area contributed by atoms with Crippen molar-refractivity contribution in [3.8, 4) is 5.75 Å². The molecule has 0 unspecified atom stereocenters. The lowest BCUT2D eigenvalue weighted by Crippen LogP contribution is -2.53. The third kappa shape index (κ3) is 4.85. The van der Waals surface area contributed by atoms with Crippen LogP contribution in [0, 0.1) is 13.8 Å². The van der Waals surface area contributed by atoms with Gasteiger partial charge in [0.2, 0.25) is 5.91 Å². The molecular formula is C20H27N3O3. The third-order valence-electron chi connectivity index (χ3n) is 4.77. The summed E-state index contributed by atoms with van der Waals surface area (Å²) in [4.78, 5) is 14.3. The van der Waals surface area contributed by atoms with Crippen LogP contribution in [0.2, 0.25) is 0 Å². The molecule has 3 rings (SSSR count). The summed E-state index contributed by atoms with van der Waals surface area (Å²) < 4.78 is 7.54. The van der Waals surface area contributed by atoms with Crippen LogP contribution in [-0.4, -0.2) is 51.0 Å². The van der Waals surface area contributed by atoms with Gasteiger partial charge in [-0.15, -0.1) is 0 Å². The lowest BCUT2D eigenvalue weighted by molar-refractivity contribution is -0.140. The normalized spacial score (nSPS) is 20.2. The number of benzene rings is 1. The fourth-order valence-corrected chi connectivity index (χ4v) is 3.25. The van der Waals surface area contributed by atoms with Crippen LogP contribution in [0.5, 0.6) is 5.75 Å². The highest BCUT2D eigenvalue weighted by Gasteiger charge is 2.35. The van der Waals surface area contributed by atoms with Crippen molar-refractivity contribution in [2.45, 2.75) is 45.3 Å². The molecule has 1 saturated heterocycles. The molecule has 1 aromatic heterocycles. The molecule has 1 amide bonds. The van der Waals surface area contributed by atoms with Crippen LogP contribution in [0.4, 0.5) is 0 Å². The van der Waals surface area contributed by atoms with E-state index in [1.54, 1.807) is 9.58 Å². The molecule has 1 atom stereocenters. The zero-order valence-electron chi connectivity index (χ0n) is 15.5. The number of hydrogen-bond acceptors (Lipinski definition) is 4. The molecular weight excluding hydrogens is 330 g/mol. The highest BCUT2D eigenvalue weighted by molar-refractivity contribution is 5.76. The standard InChI is InChI=1S/C20H27N3O3/c1-16-4-6-18(7-5-16)26-15-20(25)10-3-11-22(14-20)19(24)9-13-23-12-8-17(2)21-23/h4-8,12,25H,3,9-11,13-15H2,1-2H3/t20-/m0/s1. The van der Waals surface area contributed by atoms with Crippen molar-refractivity contribution in [3.05, 3.63) is 47.8 Å². The molecule has 6 heteroatoms. The van der Waals surface area contributed by atoms with Gasteiger partial charge in [0.05, 0.1) is 12.2 Å². The smallest absolute Gasteiger partial charge is 0.224 e. The summed E-state index contributed by atoms with van der Waals surface area (Å²) in [6.07, 6.45) is 3.68. The Bertz CT molecular complexity index is 741. The second-order valence-corrected chi connectivity index (χ2v) is 7.22. The molecule has 26 heavy (non-hydrogen) atoms. The fourth-order valence-electron chi connectivity index (χ4n) is 3.25. The van der Waals surface area contributed by atoms with Gasteiger partial charge in [0.25, 0.3) is 0 Å². The maximum atomic E-state index is 12.5. The summed E-state index contributed by atoms with van der Waals surface area (Å²) in [5.41, 5.74) is 1.11. The van der Waals surface area contributed by atoms with E-state index in [0.717, 1.165) is 23.4 Å². The quantitative estimate of drug-likeness (QED) is 0.862. The predicted molar refractivity (Wildman–Crippen MR) is 99.0 cm³/mol. The lowest BCUT2D eigenvalue weighted by atomic mass is 9.93. The molecule has 0 radical (unpaired) electrons. The highest BCUT2D eigenvalue weighted by atomic mass is 16.5. The number of aromatic nitrogens is 2. The Hall–Kier alpha value is -2.34. The average Bonchev–Trinajstić information content (AvgIpc) is 3.05. The largest absolute Gasteiger partial charge is 0.491 e. The van der Waals surface area contributed by atoms with Gasteiger partial charge in [-0.3, -0.25) is 9.48 Å². The van der Waals surface area contributed by atoms with E-state index in [0.29, 0.717) is 32.5 Å². The van der Waals surface area contributed by atoms with E-state index < -0.39 is 5.60 Å². The Morgan fingerprint density at radius 3 is 2.73 bits per heavy atom. The fraction of sp³-hybridized carbons (Fsp3) is 0.500. The molecule has 1 N–H and O–H groups in total. The van der Waals surface area contributed by atoms with Crippen molar-refractivity contribution in [2.75, 3.05) is 19.7 Å². The summed E-state index contributed by atoms with van der Waals surface area (Å²) in [6.45, 7) is 5.70. The first-order valence-corrected chi connectivity index (χ1v) is 9.13. The van der Waals surface area contributed by atoms with Crippen LogP contribution in [0.15, 0.2) is 36.5 Å². The van der Waals surface area contributed by atoms with E-state index in [4.69, 9.17) is 4.74 Å². The van der Waals surface area contributed by atoms with Crippen molar-refractivity contribution in [1.82, 2.24) is 14.7 Å². The number of nitrogens with zero attached hydrogens (tertiary/aromatic N) is 3. The van der Waals surface area contributed by atoms with E-state index in [9.17, 15) is 9.90 Å². The number of likely N-dealkylation sites (tertiary alicyclic amines) is 1. The number of carbonyl (C=O) groups is 1. The summed E-state index contributed by atoms with van der Waals surface area (Å²) in [5.74, 6) is 0.785. The van der Waals surface area contributed by atoms with Crippen LogP contribution < -0.4 is 4.74 Å². The summed E-state index contributed by atoms with van der Waals surface area (Å²) in [6, 6.07) is 9.68. The van der Waals surface area contributed by atoms with Crippen molar-refractivity contribution in [3.63, 3.8) is 0 Å². The molecule has 0 aliphatic carbocycles. The number of aryl methyl sites for hydroxylation is 3. The Labute approximate surface area is 154 Å². The first-order chi connectivity index (χ1) is 12.4. The first-order valence-electron chi connectivity index (χ1n) is 9.13. The van der Waals surface area contributed by atoms with Gasteiger partial charge >= 0.3 is 0 Å². The van der Waals surface area contributed by atoms with Gasteiger partial charge in [0, 0.05) is 25.7 Å². The van der Waals surface area contributed by atoms with Gasteiger partial charge in [0.1, 0.15) is 18.0 Å². The summed E-state index contributed by atoms with van der Waals surface area (Å²) >= 11 is 0. The second-order valence-electron chi connectivity index (χ2n) is 7.22. The van der Waals surface area contributed by atoms with Gasteiger partial charge < -0.3 is 14.7 Å². The zero-order chi connectivity index (χ0) is 18.6. The van der Waals surface area contributed by atoms with Crippen molar-refractivity contribution < 1.29 is 14.6 Å². The van der Waals surface area contributed by atoms with Gasteiger partial charge in [0.15, 0.2) is 0 Å². The van der Waals surface area contributed by atoms with Crippen LogP contribution in [0.1, 0.15) is 30.5 Å². The molecule has 0 saturated carbocycles. The van der Waals surface area contributed by atoms with E-state index in [1.165, 1.54) is 0 Å². The molecule has 1 aromatic carbocycles. The first kappa shape index (κ1) is 18.5. The molecule has 1 aliphatic rings. The van der Waals surface area contributed by atoms with Crippen LogP contribution in [0.3, 0.4) is 0 Å². The number of ether oxygens (including phenoxy) is 1. The van der Waals surface area contributed by atoms with Crippen LogP contribution >= 0.6 is 0 Å². The molecule has 140 valence electrons. The summed E-state index contributed by atoms with van der Waals surface area (Å²) in [5, 5.41) is 15.2. The van der Waals surface area contributed by atoms with Crippen molar-refractivity contribution in [1.29, 1.82) is 0 Å². The number of β-amino-alcohol motifs (C(OH)–C–C–N with tert-alkyl or cyclic N) is 1. The Morgan fingerprint density at radius 1 is 1.27 bits per heavy atom. The third-order valence-corrected chi connectivity index (χ3v) is 4.77.